The van der Waals surface area contributed by atoms with Gasteiger partial charge in [-0.2, -0.15) is 0 Å². The van der Waals surface area contributed by atoms with Crippen molar-refractivity contribution in [1.29, 1.82) is 0 Å². The van der Waals surface area contributed by atoms with E-state index in [0.717, 1.165) is 0 Å². The van der Waals surface area contributed by atoms with Crippen LogP contribution < -0.4 is 12.3 Å². The van der Waals surface area contributed by atoms with Crippen molar-refractivity contribution in [2.75, 3.05) is 0 Å². The van der Waals surface area contributed by atoms with Crippen molar-refractivity contribution in [2.45, 2.75) is 0 Å². The Morgan fingerprint density at radius 3 is 2.08 bits per heavy atom. The van der Waals surface area contributed by atoms with Gasteiger partial charge in [-0.3, -0.25) is 0 Å². The molecule has 0 aromatic rings. The second kappa shape index (κ2) is 6.82. The van der Waals surface area contributed by atoms with E-state index in [0.29, 0.717) is 5.57 Å². The molecule has 0 saturated carbocycles. The first kappa shape index (κ1) is 17.3. The van der Waals surface area contributed by atoms with Gasteiger partial charge in [0.15, 0.2) is 0 Å². The zero-order valence-corrected chi connectivity index (χ0v) is 7.67. The zero-order chi connectivity index (χ0) is 6.85. The minimum Gasteiger partial charge on any atom is -0.478 e. The van der Waals surface area contributed by atoms with Gasteiger partial charge in [-0.15, -0.1) is 0 Å². The van der Waals surface area contributed by atoms with Gasteiger partial charge >= 0.3 is 5.97 Å². The van der Waals surface area contributed by atoms with E-state index < -0.39 is 5.97 Å². The summed E-state index contributed by atoms with van der Waals surface area (Å²) < 4.78 is 0. The van der Waals surface area contributed by atoms with Crippen LogP contribution in [-0.4, -0.2) is 11.1 Å². The van der Waals surface area contributed by atoms with Crippen LogP contribution in [0.1, 0.15) is 0 Å². The molecular weight excluding hydrogens is 200 g/mol. The monoisotopic (exact) mass is 212 g/mol. The predicted molar refractivity (Wildman–Crippen MR) is 44.0 cm³/mol. The molecule has 0 aromatic carbocycles. The van der Waals surface area contributed by atoms with Gasteiger partial charge in [0.1, 0.15) is 0 Å². The first-order chi connectivity index (χ1) is 4.22. The van der Waals surface area contributed by atoms with E-state index in [1.54, 1.807) is 12.2 Å². The molecular formula is C7H12FeN2O2. The number of hydrogen-bond acceptors (Lipinski definition) is 3. The fraction of sp³-hybridized carbons (Fsp3) is 0. The minimum absolute atomic E-state index is 0. The van der Waals surface area contributed by atoms with Crippen molar-refractivity contribution in [3.8, 4) is 0 Å². The second-order valence-corrected chi connectivity index (χ2v) is 1.77. The van der Waals surface area contributed by atoms with Gasteiger partial charge in [-0.1, -0.05) is 18.7 Å². The average Bonchev–Trinajstić information content (AvgIpc) is 2.13. The molecule has 0 atom stereocenters. The molecule has 70 valence electrons. The summed E-state index contributed by atoms with van der Waals surface area (Å²) in [6, 6.07) is 0. The smallest absolute Gasteiger partial charge is 0.336 e. The molecule has 0 saturated heterocycles. The normalized spacial score (nSPS) is 12.0. The molecule has 0 fully saturated rings. The SMILES string of the molecule is C=C1C=CC=C1C(=O)O.N.N.[Fe]. The maximum absolute atomic E-state index is 10.2. The van der Waals surface area contributed by atoms with Gasteiger partial charge in [0.2, 0.25) is 0 Å². The Hall–Kier alpha value is -0.871. The van der Waals surface area contributed by atoms with E-state index in [1.807, 2.05) is 0 Å². The summed E-state index contributed by atoms with van der Waals surface area (Å²) in [4.78, 5) is 10.2. The Kier molecular flexibility index (Phi) is 9.81. The van der Waals surface area contributed by atoms with Crippen molar-refractivity contribution in [2.24, 2.45) is 0 Å². The molecule has 4 nitrogen and oxygen atoms in total. The quantitative estimate of drug-likeness (QED) is 0.571. The summed E-state index contributed by atoms with van der Waals surface area (Å²) in [5, 5.41) is 8.41. The maximum atomic E-state index is 10.2. The largest absolute Gasteiger partial charge is 0.478 e. The Bertz CT molecular complexity index is 234. The van der Waals surface area contributed by atoms with Crippen LogP contribution in [0.5, 0.6) is 0 Å². The number of allylic oxidation sites excluding steroid dienone is 3. The van der Waals surface area contributed by atoms with Gasteiger partial charge < -0.3 is 17.4 Å². The van der Waals surface area contributed by atoms with Crippen molar-refractivity contribution in [3.63, 3.8) is 0 Å². The fourth-order valence-corrected chi connectivity index (χ4v) is 0.666. The Morgan fingerprint density at radius 1 is 1.42 bits per heavy atom. The molecule has 0 amide bonds. The molecule has 0 spiro atoms. The number of hydrogen-bond donors (Lipinski definition) is 3. The van der Waals surface area contributed by atoms with Crippen LogP contribution in [0.25, 0.3) is 0 Å². The van der Waals surface area contributed by atoms with Crippen LogP contribution in [0, 0.1) is 0 Å². The van der Waals surface area contributed by atoms with E-state index in [1.165, 1.54) is 6.08 Å². The molecule has 0 aromatic heterocycles. The van der Waals surface area contributed by atoms with Gasteiger partial charge in [0, 0.05) is 17.1 Å². The number of carboxylic acids is 1. The molecule has 12 heavy (non-hydrogen) atoms. The minimum atomic E-state index is -0.912. The van der Waals surface area contributed by atoms with Crippen LogP contribution in [0.15, 0.2) is 36.0 Å². The molecule has 1 aliphatic rings. The second-order valence-electron chi connectivity index (χ2n) is 1.77. The summed E-state index contributed by atoms with van der Waals surface area (Å²) >= 11 is 0. The van der Waals surface area contributed by atoms with Crippen molar-refractivity contribution >= 4 is 5.97 Å². The van der Waals surface area contributed by atoms with E-state index >= 15 is 0 Å². The van der Waals surface area contributed by atoms with Crippen LogP contribution in [0.2, 0.25) is 0 Å². The summed E-state index contributed by atoms with van der Waals surface area (Å²) in [7, 11) is 0. The Morgan fingerprint density at radius 2 is 1.92 bits per heavy atom. The zero-order valence-electron chi connectivity index (χ0n) is 6.56. The van der Waals surface area contributed by atoms with Crippen molar-refractivity contribution < 1.29 is 27.0 Å². The molecule has 7 N–H and O–H groups in total. The summed E-state index contributed by atoms with van der Waals surface area (Å²) in [6.07, 6.45) is 4.87. The molecule has 0 bridgehead atoms. The number of rotatable bonds is 1. The standard InChI is InChI=1S/C7H6O2.Fe.2H3N/c1-5-3-2-4-6(5)7(8)9;;;/h2-4H,1H2,(H,8,9);;2*1H3. The third kappa shape index (κ3) is 3.50. The Balaban J connectivity index is -0.000000270. The fourth-order valence-electron chi connectivity index (χ4n) is 0.666. The number of carboxylic acid groups (broad SMARTS) is 1. The van der Waals surface area contributed by atoms with Gasteiger partial charge in [0.05, 0.1) is 5.57 Å². The third-order valence-corrected chi connectivity index (χ3v) is 1.14. The number of carbonyl (C=O) groups is 1. The van der Waals surface area contributed by atoms with Crippen molar-refractivity contribution in [1.82, 2.24) is 12.3 Å². The summed E-state index contributed by atoms with van der Waals surface area (Å²) in [5.74, 6) is -0.912. The van der Waals surface area contributed by atoms with Crippen LogP contribution in [0.3, 0.4) is 0 Å². The van der Waals surface area contributed by atoms with Gasteiger partial charge in [-0.05, 0) is 11.6 Å². The van der Waals surface area contributed by atoms with Crippen LogP contribution >= 0.6 is 0 Å². The molecule has 0 unspecified atom stereocenters. The van der Waals surface area contributed by atoms with E-state index in [-0.39, 0.29) is 34.9 Å². The molecule has 0 radical (unpaired) electrons. The molecule has 1 aliphatic carbocycles. The molecule has 0 heterocycles. The van der Waals surface area contributed by atoms with Crippen LogP contribution in [-0.2, 0) is 21.9 Å². The van der Waals surface area contributed by atoms with Gasteiger partial charge in [-0.25, -0.2) is 4.79 Å². The summed E-state index contributed by atoms with van der Waals surface area (Å²) in [6.45, 7) is 3.52. The van der Waals surface area contributed by atoms with Gasteiger partial charge in [0.25, 0.3) is 0 Å². The molecule has 0 aliphatic heterocycles. The predicted octanol–water partition coefficient (Wildman–Crippen LogP) is 1.44. The average molecular weight is 212 g/mol. The molecule has 5 heteroatoms. The van der Waals surface area contributed by atoms with E-state index in [4.69, 9.17) is 5.11 Å². The number of aliphatic carboxylic acids is 1. The molecule has 1 rings (SSSR count). The Labute approximate surface area is 81.7 Å². The first-order valence-electron chi connectivity index (χ1n) is 2.53. The summed E-state index contributed by atoms with van der Waals surface area (Å²) in [5.41, 5.74) is 0.859. The topological polar surface area (TPSA) is 107 Å². The van der Waals surface area contributed by atoms with Crippen molar-refractivity contribution in [3.05, 3.63) is 36.0 Å². The van der Waals surface area contributed by atoms with E-state index in [2.05, 4.69) is 6.58 Å². The van der Waals surface area contributed by atoms with E-state index in [9.17, 15) is 4.79 Å². The maximum Gasteiger partial charge on any atom is 0.336 e. The van der Waals surface area contributed by atoms with Crippen LogP contribution in [0.4, 0.5) is 0 Å². The third-order valence-electron chi connectivity index (χ3n) is 1.14. The first-order valence-corrected chi connectivity index (χ1v) is 2.53.